The molecule has 0 unspecified atom stereocenters. The predicted octanol–water partition coefficient (Wildman–Crippen LogP) is 3.82. The summed E-state index contributed by atoms with van der Waals surface area (Å²) in [6, 6.07) is 16.0. The number of phenolic OH excluding ortho intramolecular Hbond substituents is 1. The number of phenols is 1. The molecule has 2 aromatic carbocycles. The van der Waals surface area contributed by atoms with Gasteiger partial charge in [0.1, 0.15) is 5.75 Å². The Hall–Kier alpha value is -2.02. The van der Waals surface area contributed by atoms with Crippen LogP contribution in [0.4, 0.5) is 0 Å². The van der Waals surface area contributed by atoms with Crippen LogP contribution in [-0.2, 0) is 12.8 Å². The maximum Gasteiger partial charge on any atom is 0.116 e. The van der Waals surface area contributed by atoms with E-state index in [1.165, 1.54) is 11.1 Å². The van der Waals surface area contributed by atoms with Crippen molar-refractivity contribution >= 4 is 6.08 Å². The lowest BCUT2D eigenvalue weighted by atomic mass is 10.0. The molecule has 0 fully saturated rings. The fourth-order valence-electron chi connectivity index (χ4n) is 2.60. The summed E-state index contributed by atoms with van der Waals surface area (Å²) in [5.74, 6) is 0.914. The summed E-state index contributed by atoms with van der Waals surface area (Å²) in [4.78, 5) is 0. The molecule has 1 N–H and O–H groups in total. The molecule has 0 heterocycles. The lowest BCUT2D eigenvalue weighted by Gasteiger charge is -2.01. The highest BCUT2D eigenvalue weighted by molar-refractivity contribution is 5.52. The van der Waals surface area contributed by atoms with E-state index in [9.17, 15) is 5.11 Å². The van der Waals surface area contributed by atoms with Crippen LogP contribution in [0.2, 0.25) is 0 Å². The van der Waals surface area contributed by atoms with Gasteiger partial charge in [0, 0.05) is 0 Å². The smallest absolute Gasteiger partial charge is 0.116 e. The zero-order chi connectivity index (χ0) is 12.4. The minimum atomic E-state index is 0.326. The quantitative estimate of drug-likeness (QED) is 0.840. The van der Waals surface area contributed by atoms with Crippen molar-refractivity contribution in [3.63, 3.8) is 0 Å². The Morgan fingerprint density at radius 2 is 1.67 bits per heavy atom. The molecule has 0 aliphatic heterocycles. The summed E-state index contributed by atoms with van der Waals surface area (Å²) in [6.07, 6.45) is 6.63. The number of hydrogen-bond acceptors (Lipinski definition) is 1. The fraction of sp³-hybridized carbons (Fsp3) is 0.176. The van der Waals surface area contributed by atoms with Gasteiger partial charge in [-0.2, -0.15) is 0 Å². The Morgan fingerprint density at radius 1 is 0.944 bits per heavy atom. The summed E-state index contributed by atoms with van der Waals surface area (Å²) in [6.45, 7) is 0. The standard InChI is InChI=1S/C17H16O/c18-17-7-3-4-13(12-17)8-9-14-10-15-5-1-2-6-16(15)11-14/h1-9,12,14,18H,10-11H2/b9-8+. The maximum absolute atomic E-state index is 9.41. The first-order valence-electron chi connectivity index (χ1n) is 6.35. The average Bonchev–Trinajstić information content (AvgIpc) is 2.79. The molecule has 0 bridgehead atoms. The molecule has 1 aliphatic carbocycles. The molecule has 18 heavy (non-hydrogen) atoms. The van der Waals surface area contributed by atoms with Crippen molar-refractivity contribution < 1.29 is 5.11 Å². The Morgan fingerprint density at radius 3 is 2.33 bits per heavy atom. The molecule has 0 amide bonds. The first kappa shape index (κ1) is 11.1. The molecular weight excluding hydrogens is 220 g/mol. The van der Waals surface area contributed by atoms with Gasteiger partial charge in [-0.1, -0.05) is 48.6 Å². The van der Waals surface area contributed by atoms with Crippen molar-refractivity contribution in [2.24, 2.45) is 5.92 Å². The number of fused-ring (bicyclic) bond motifs is 1. The zero-order valence-electron chi connectivity index (χ0n) is 10.2. The van der Waals surface area contributed by atoms with Gasteiger partial charge in [-0.3, -0.25) is 0 Å². The Balaban J connectivity index is 1.73. The largest absolute Gasteiger partial charge is 0.508 e. The topological polar surface area (TPSA) is 20.2 Å². The third-order valence-corrected chi connectivity index (χ3v) is 3.51. The minimum Gasteiger partial charge on any atom is -0.508 e. The highest BCUT2D eigenvalue weighted by Crippen LogP contribution is 2.27. The van der Waals surface area contributed by atoms with Crippen LogP contribution in [0.15, 0.2) is 54.6 Å². The Kier molecular flexibility index (Phi) is 2.89. The van der Waals surface area contributed by atoms with Crippen LogP contribution in [0, 0.1) is 5.92 Å². The third kappa shape index (κ3) is 2.30. The number of rotatable bonds is 2. The van der Waals surface area contributed by atoms with Crippen molar-refractivity contribution in [1.29, 1.82) is 0 Å². The molecule has 1 aliphatic rings. The Labute approximate surface area is 107 Å². The van der Waals surface area contributed by atoms with Crippen molar-refractivity contribution in [3.8, 4) is 5.75 Å². The van der Waals surface area contributed by atoms with Gasteiger partial charge in [0.25, 0.3) is 0 Å². The SMILES string of the molecule is Oc1cccc(/C=C/C2Cc3ccccc3C2)c1. The summed E-state index contributed by atoms with van der Waals surface area (Å²) in [5, 5.41) is 9.41. The van der Waals surface area contributed by atoms with E-state index in [0.29, 0.717) is 11.7 Å². The maximum atomic E-state index is 9.41. The van der Waals surface area contributed by atoms with Crippen LogP contribution < -0.4 is 0 Å². The summed E-state index contributed by atoms with van der Waals surface area (Å²) in [5.41, 5.74) is 4.01. The lowest BCUT2D eigenvalue weighted by Crippen LogP contribution is -1.93. The van der Waals surface area contributed by atoms with Crippen molar-refractivity contribution in [2.45, 2.75) is 12.8 Å². The molecule has 0 spiro atoms. The van der Waals surface area contributed by atoms with Crippen LogP contribution >= 0.6 is 0 Å². The van der Waals surface area contributed by atoms with Gasteiger partial charge >= 0.3 is 0 Å². The number of allylic oxidation sites excluding steroid dienone is 1. The van der Waals surface area contributed by atoms with E-state index in [2.05, 4.69) is 36.4 Å². The van der Waals surface area contributed by atoms with Crippen LogP contribution in [0.25, 0.3) is 6.08 Å². The van der Waals surface area contributed by atoms with Crippen LogP contribution in [0.1, 0.15) is 16.7 Å². The highest BCUT2D eigenvalue weighted by Gasteiger charge is 2.17. The second-order valence-electron chi connectivity index (χ2n) is 4.89. The van der Waals surface area contributed by atoms with E-state index >= 15 is 0 Å². The molecule has 1 nitrogen and oxygen atoms in total. The highest BCUT2D eigenvalue weighted by atomic mass is 16.3. The lowest BCUT2D eigenvalue weighted by molar-refractivity contribution is 0.475. The summed E-state index contributed by atoms with van der Waals surface area (Å²) in [7, 11) is 0. The molecule has 0 atom stereocenters. The van der Waals surface area contributed by atoms with Gasteiger partial charge in [-0.15, -0.1) is 0 Å². The molecule has 90 valence electrons. The van der Waals surface area contributed by atoms with Crippen molar-refractivity contribution in [2.75, 3.05) is 0 Å². The van der Waals surface area contributed by atoms with Gasteiger partial charge < -0.3 is 5.11 Å². The second kappa shape index (κ2) is 4.69. The van der Waals surface area contributed by atoms with E-state index in [1.807, 2.05) is 12.1 Å². The number of aromatic hydroxyl groups is 1. The fourth-order valence-corrected chi connectivity index (χ4v) is 2.60. The minimum absolute atomic E-state index is 0.326. The first-order chi connectivity index (χ1) is 8.81. The molecular formula is C17H16O. The number of hydrogen-bond donors (Lipinski definition) is 1. The molecule has 3 rings (SSSR count). The van der Waals surface area contributed by atoms with Gasteiger partial charge in [-0.25, -0.2) is 0 Å². The monoisotopic (exact) mass is 236 g/mol. The summed E-state index contributed by atoms with van der Waals surface area (Å²) >= 11 is 0. The van der Waals surface area contributed by atoms with E-state index in [1.54, 1.807) is 12.1 Å². The van der Waals surface area contributed by atoms with Crippen LogP contribution in [0.3, 0.4) is 0 Å². The summed E-state index contributed by atoms with van der Waals surface area (Å²) < 4.78 is 0. The van der Waals surface area contributed by atoms with E-state index in [0.717, 1.165) is 18.4 Å². The average molecular weight is 236 g/mol. The predicted molar refractivity (Wildman–Crippen MR) is 74.5 cm³/mol. The van der Waals surface area contributed by atoms with E-state index in [-0.39, 0.29) is 0 Å². The van der Waals surface area contributed by atoms with Gasteiger partial charge in [0.15, 0.2) is 0 Å². The first-order valence-corrected chi connectivity index (χ1v) is 6.35. The molecule has 2 aromatic rings. The van der Waals surface area contributed by atoms with Gasteiger partial charge in [0.05, 0.1) is 0 Å². The second-order valence-corrected chi connectivity index (χ2v) is 4.89. The molecule has 0 saturated heterocycles. The van der Waals surface area contributed by atoms with E-state index in [4.69, 9.17) is 0 Å². The van der Waals surface area contributed by atoms with Crippen molar-refractivity contribution in [1.82, 2.24) is 0 Å². The molecule has 1 heteroatoms. The third-order valence-electron chi connectivity index (χ3n) is 3.51. The number of benzene rings is 2. The van der Waals surface area contributed by atoms with Gasteiger partial charge in [0.2, 0.25) is 0 Å². The molecule has 0 saturated carbocycles. The van der Waals surface area contributed by atoms with Crippen LogP contribution in [0.5, 0.6) is 5.75 Å². The zero-order valence-corrected chi connectivity index (χ0v) is 10.2. The normalized spacial score (nSPS) is 15.1. The van der Waals surface area contributed by atoms with E-state index < -0.39 is 0 Å². The molecule has 0 aromatic heterocycles. The van der Waals surface area contributed by atoms with Crippen molar-refractivity contribution in [3.05, 3.63) is 71.3 Å². The Bertz CT molecular complexity index is 559. The van der Waals surface area contributed by atoms with Gasteiger partial charge in [-0.05, 0) is 47.6 Å². The van der Waals surface area contributed by atoms with Crippen LogP contribution in [-0.4, -0.2) is 5.11 Å². The molecule has 0 radical (unpaired) electrons.